The Morgan fingerprint density at radius 2 is 1.68 bits per heavy atom. The molecule has 0 fully saturated rings. The number of nitrogens with zero attached hydrogens (tertiary/aromatic N) is 3. The zero-order chi connectivity index (χ0) is 17.8. The molecule has 1 aliphatic rings. The maximum atomic E-state index is 11.5. The Morgan fingerprint density at radius 1 is 1.23 bits per heavy atom. The molecule has 0 radical (unpaired) electrons. The summed E-state index contributed by atoms with van der Waals surface area (Å²) in [5.41, 5.74) is 0. The van der Waals surface area contributed by atoms with Gasteiger partial charge in [0.1, 0.15) is 0 Å². The summed E-state index contributed by atoms with van der Waals surface area (Å²) < 4.78 is 61.2. The molecule has 0 amide bonds. The summed E-state index contributed by atoms with van der Waals surface area (Å²) >= 11 is 1.48. The summed E-state index contributed by atoms with van der Waals surface area (Å²) in [7, 11) is -2.78. The van der Waals surface area contributed by atoms with Crippen LogP contribution in [0.4, 0.5) is 25.2 Å². The molecule has 0 atom stereocenters. The van der Waals surface area contributed by atoms with Crippen molar-refractivity contribution in [2.24, 2.45) is 0 Å². The van der Waals surface area contributed by atoms with Crippen LogP contribution in [-0.2, 0) is 0 Å². The van der Waals surface area contributed by atoms with Crippen molar-refractivity contribution in [1.29, 1.82) is 0 Å². The molecule has 0 N–H and O–H groups in total. The molecule has 0 aromatic heterocycles. The Bertz CT molecular complexity index is 484. The molecule has 0 aliphatic carbocycles. The van der Waals surface area contributed by atoms with Crippen molar-refractivity contribution in [3.63, 3.8) is 0 Å². The van der Waals surface area contributed by atoms with Gasteiger partial charge in [-0.15, -0.1) is 0 Å². The van der Waals surface area contributed by atoms with Gasteiger partial charge < -0.3 is 10.3 Å². The molecule has 22 heavy (non-hydrogen) atoms. The first kappa shape index (κ1) is 21.1. The van der Waals surface area contributed by atoms with Crippen molar-refractivity contribution in [3.05, 3.63) is 28.5 Å². The molecule has 0 bridgehead atoms. The predicted octanol–water partition coefficient (Wildman–Crippen LogP) is 4.50. The summed E-state index contributed by atoms with van der Waals surface area (Å²) in [5.74, 6) is 0. The molecule has 12 heteroatoms. The third-order valence-corrected chi connectivity index (χ3v) is 3.31. The Labute approximate surface area is 128 Å². The molecule has 0 unspecified atom stereocenters. The molecule has 1 aliphatic heterocycles. The fraction of sp³-hybridized carbons (Fsp3) is 0.500. The Morgan fingerprint density at radius 3 is 2.00 bits per heavy atom. The van der Waals surface area contributed by atoms with E-state index < -0.39 is 7.81 Å². The van der Waals surface area contributed by atoms with Gasteiger partial charge in [0.2, 0.25) is 0 Å². The van der Waals surface area contributed by atoms with Crippen molar-refractivity contribution >= 4 is 24.7 Å². The van der Waals surface area contributed by atoms with Crippen molar-refractivity contribution in [2.75, 3.05) is 34.7 Å². The second kappa shape index (κ2) is 6.29. The zero-order valence-corrected chi connectivity index (χ0v) is 14.0. The number of allylic oxidation sites excluding steroid dienone is 2. The van der Waals surface area contributed by atoms with Crippen LogP contribution in [0.1, 0.15) is 0 Å². The van der Waals surface area contributed by atoms with Gasteiger partial charge >= 0.3 is 38.2 Å². The van der Waals surface area contributed by atoms with E-state index in [1.54, 1.807) is 0 Å². The molecule has 0 saturated carbocycles. The first-order chi connectivity index (χ1) is 9.47. The van der Waals surface area contributed by atoms with E-state index in [4.69, 9.17) is 0 Å². The van der Waals surface area contributed by atoms with Gasteiger partial charge in [-0.3, -0.25) is 9.48 Å². The quantitative estimate of drug-likeness (QED) is 0.223. The summed E-state index contributed by atoms with van der Waals surface area (Å²) in [6, 6.07) is 0. The van der Waals surface area contributed by atoms with Crippen LogP contribution >= 0.6 is 19.6 Å². The summed E-state index contributed by atoms with van der Waals surface area (Å²) in [4.78, 5) is 2.00. The SMILES string of the molecule is CN(C)C(SC1=CC=CCN1[O-])=[N+](C)C.F[P-](F)(F)(F)(F)F. The van der Waals surface area contributed by atoms with Crippen LogP contribution in [0.5, 0.6) is 0 Å². The maximum absolute atomic E-state index is 11.5. The van der Waals surface area contributed by atoms with Crippen molar-refractivity contribution in [2.45, 2.75) is 0 Å². The molecule has 1 rings (SSSR count). The Hall–Kier alpha value is -0.930. The van der Waals surface area contributed by atoms with E-state index in [0.717, 1.165) is 15.3 Å². The third-order valence-electron chi connectivity index (χ3n) is 1.85. The van der Waals surface area contributed by atoms with Gasteiger partial charge in [0.05, 0.1) is 33.2 Å². The van der Waals surface area contributed by atoms with Crippen molar-refractivity contribution in [3.8, 4) is 0 Å². The molecule has 0 saturated heterocycles. The van der Waals surface area contributed by atoms with Gasteiger partial charge in [-0.05, 0) is 6.08 Å². The fourth-order valence-electron chi connectivity index (χ4n) is 1.24. The number of halogens is 6. The van der Waals surface area contributed by atoms with E-state index >= 15 is 0 Å². The molecule has 0 aromatic carbocycles. The first-order valence-electron chi connectivity index (χ1n) is 5.74. The van der Waals surface area contributed by atoms with Crippen LogP contribution in [-0.4, -0.2) is 54.4 Å². The number of hydroxylamine groups is 2. The number of thioether (sulfide) groups is 1. The van der Waals surface area contributed by atoms with Crippen molar-refractivity contribution in [1.82, 2.24) is 9.96 Å². The minimum absolute atomic E-state index is 0.437. The number of amidine groups is 1. The normalized spacial score (nSPS) is 17.6. The topological polar surface area (TPSA) is 32.5 Å². The van der Waals surface area contributed by atoms with Crippen LogP contribution in [0.25, 0.3) is 0 Å². The van der Waals surface area contributed by atoms with Crippen LogP contribution < -0.4 is 0 Å². The first-order valence-corrected chi connectivity index (χ1v) is 8.59. The molecule has 4 nitrogen and oxygen atoms in total. The van der Waals surface area contributed by atoms with Crippen LogP contribution in [0.2, 0.25) is 0 Å². The number of hydrogen-bond donors (Lipinski definition) is 0. The van der Waals surface area contributed by atoms with E-state index in [0.29, 0.717) is 6.54 Å². The van der Waals surface area contributed by atoms with Gasteiger partial charge in [-0.2, -0.15) is 0 Å². The van der Waals surface area contributed by atoms with E-state index in [2.05, 4.69) is 0 Å². The molecule has 0 aromatic rings. The molecular weight excluding hydrogens is 355 g/mol. The third kappa shape index (κ3) is 12.8. The minimum atomic E-state index is -10.7. The monoisotopic (exact) mass is 372 g/mol. The molecule has 1 heterocycles. The van der Waals surface area contributed by atoms with Gasteiger partial charge in [0.25, 0.3) is 0 Å². The van der Waals surface area contributed by atoms with Crippen LogP contribution in [0, 0.1) is 5.21 Å². The average Bonchev–Trinajstić information content (AvgIpc) is 2.22. The van der Waals surface area contributed by atoms with Crippen molar-refractivity contribution < 1.29 is 29.8 Å². The standard InChI is InChI=1S/C10H17N3OS.F6P/c1-11(2)10(12(3)4)15-9-7-5-6-8-13(9)14;1-7(2,3,4,5)6/h5-7H,8H2,1-4H3;/q;-1. The summed E-state index contributed by atoms with van der Waals surface area (Å²) in [6.45, 7) is 0.437. The van der Waals surface area contributed by atoms with Gasteiger partial charge in [0, 0.05) is 18.3 Å². The van der Waals surface area contributed by atoms with Gasteiger partial charge in [0.15, 0.2) is 0 Å². The summed E-state index contributed by atoms with van der Waals surface area (Å²) in [5, 5.41) is 14.3. The van der Waals surface area contributed by atoms with Crippen LogP contribution in [0.15, 0.2) is 23.3 Å². The molecule has 132 valence electrons. The van der Waals surface area contributed by atoms with Gasteiger partial charge in [-0.1, -0.05) is 12.2 Å². The fourth-order valence-corrected chi connectivity index (χ4v) is 2.12. The zero-order valence-electron chi connectivity index (χ0n) is 12.3. The summed E-state index contributed by atoms with van der Waals surface area (Å²) in [6.07, 6.45) is 5.61. The average molecular weight is 372 g/mol. The Kier molecular flexibility index (Phi) is 6.02. The van der Waals surface area contributed by atoms with E-state index in [1.165, 1.54) is 11.8 Å². The number of rotatable bonds is 1. The van der Waals surface area contributed by atoms with E-state index in [1.807, 2.05) is 55.9 Å². The predicted molar refractivity (Wildman–Crippen MR) is 79.3 cm³/mol. The van der Waals surface area contributed by atoms with E-state index in [9.17, 15) is 30.4 Å². The Balaban J connectivity index is 0.000000534. The molecule has 0 spiro atoms. The van der Waals surface area contributed by atoms with Gasteiger partial charge in [-0.25, -0.2) is 0 Å². The van der Waals surface area contributed by atoms with E-state index in [-0.39, 0.29) is 0 Å². The van der Waals surface area contributed by atoms with Crippen LogP contribution in [0.3, 0.4) is 0 Å². The second-order valence-electron chi connectivity index (χ2n) is 4.63. The molecular formula is C10H17F6N3OPS-. The second-order valence-corrected chi connectivity index (χ2v) is 7.53. The number of hydrogen-bond acceptors (Lipinski definition) is 3.